The second-order valence-corrected chi connectivity index (χ2v) is 7.22. The van der Waals surface area contributed by atoms with Gasteiger partial charge in [-0.3, -0.25) is 0 Å². The lowest BCUT2D eigenvalue weighted by molar-refractivity contribution is 0.422. The molecule has 1 saturated heterocycles. The SMILES string of the molecule is CC(C)CNCC1CCCCN1c1nc(C(C)C)ns1. The zero-order valence-electron chi connectivity index (χ0n) is 13.2. The summed E-state index contributed by atoms with van der Waals surface area (Å²) in [5.74, 6) is 2.12. The van der Waals surface area contributed by atoms with Crippen LogP contribution in [0.2, 0.25) is 0 Å². The van der Waals surface area contributed by atoms with Crippen molar-refractivity contribution >= 4 is 16.7 Å². The second-order valence-electron chi connectivity index (χ2n) is 6.48. The van der Waals surface area contributed by atoms with E-state index >= 15 is 0 Å². The summed E-state index contributed by atoms with van der Waals surface area (Å²) in [5, 5.41) is 4.71. The molecule has 114 valence electrons. The van der Waals surface area contributed by atoms with Crippen molar-refractivity contribution in [3.05, 3.63) is 5.82 Å². The molecule has 1 aromatic rings. The van der Waals surface area contributed by atoms with Gasteiger partial charge in [-0.25, -0.2) is 4.98 Å². The molecule has 1 aromatic heterocycles. The Hall–Kier alpha value is -0.680. The van der Waals surface area contributed by atoms with Crippen LogP contribution in [0.25, 0.3) is 0 Å². The number of hydrogen-bond acceptors (Lipinski definition) is 5. The first-order valence-corrected chi connectivity index (χ1v) is 8.66. The van der Waals surface area contributed by atoms with E-state index < -0.39 is 0 Å². The smallest absolute Gasteiger partial charge is 0.205 e. The maximum absolute atomic E-state index is 4.73. The third-order valence-electron chi connectivity index (χ3n) is 3.75. The van der Waals surface area contributed by atoms with Crippen molar-refractivity contribution in [3.8, 4) is 0 Å². The summed E-state index contributed by atoms with van der Waals surface area (Å²) in [6, 6.07) is 0.579. The maximum Gasteiger partial charge on any atom is 0.205 e. The molecule has 0 aliphatic carbocycles. The molecule has 0 aromatic carbocycles. The Morgan fingerprint density at radius 2 is 2.10 bits per heavy atom. The highest BCUT2D eigenvalue weighted by molar-refractivity contribution is 7.09. The molecular formula is C15H28N4S. The van der Waals surface area contributed by atoms with Crippen LogP contribution in [0.15, 0.2) is 0 Å². The van der Waals surface area contributed by atoms with Crippen molar-refractivity contribution in [1.29, 1.82) is 0 Å². The number of rotatable bonds is 6. The molecule has 1 aliphatic rings. The summed E-state index contributed by atoms with van der Waals surface area (Å²) >= 11 is 1.56. The Kier molecular flexibility index (Phi) is 5.78. The average Bonchev–Trinajstić information content (AvgIpc) is 2.88. The Bertz CT molecular complexity index is 402. The molecule has 0 spiro atoms. The van der Waals surface area contributed by atoms with Gasteiger partial charge in [0.05, 0.1) is 0 Å². The van der Waals surface area contributed by atoms with Crippen molar-refractivity contribution in [3.63, 3.8) is 0 Å². The Morgan fingerprint density at radius 3 is 2.75 bits per heavy atom. The summed E-state index contributed by atoms with van der Waals surface area (Å²) in [4.78, 5) is 7.21. The van der Waals surface area contributed by atoms with Gasteiger partial charge in [-0.2, -0.15) is 4.37 Å². The zero-order chi connectivity index (χ0) is 14.5. The molecule has 4 nitrogen and oxygen atoms in total. The Morgan fingerprint density at radius 1 is 1.30 bits per heavy atom. The van der Waals surface area contributed by atoms with Gasteiger partial charge in [-0.05, 0) is 31.7 Å². The van der Waals surface area contributed by atoms with Gasteiger partial charge in [-0.1, -0.05) is 27.7 Å². The fourth-order valence-electron chi connectivity index (χ4n) is 2.58. The first-order valence-electron chi connectivity index (χ1n) is 7.89. The summed E-state index contributed by atoms with van der Waals surface area (Å²) in [7, 11) is 0. The summed E-state index contributed by atoms with van der Waals surface area (Å²) in [6.07, 6.45) is 3.87. The fraction of sp³-hybridized carbons (Fsp3) is 0.867. The number of hydrogen-bond donors (Lipinski definition) is 1. The molecule has 1 atom stereocenters. The van der Waals surface area contributed by atoms with Gasteiger partial charge >= 0.3 is 0 Å². The number of nitrogens with zero attached hydrogens (tertiary/aromatic N) is 3. The monoisotopic (exact) mass is 296 g/mol. The van der Waals surface area contributed by atoms with Gasteiger partial charge in [0.25, 0.3) is 0 Å². The van der Waals surface area contributed by atoms with Crippen LogP contribution >= 0.6 is 11.5 Å². The highest BCUT2D eigenvalue weighted by Crippen LogP contribution is 2.27. The average molecular weight is 296 g/mol. The lowest BCUT2D eigenvalue weighted by Crippen LogP contribution is -2.46. The topological polar surface area (TPSA) is 41.0 Å². The number of aromatic nitrogens is 2. The normalized spacial score (nSPS) is 20.1. The van der Waals surface area contributed by atoms with Gasteiger partial charge in [0.15, 0.2) is 0 Å². The molecule has 2 rings (SSSR count). The molecule has 1 fully saturated rings. The predicted molar refractivity (Wildman–Crippen MR) is 86.7 cm³/mol. The molecule has 1 N–H and O–H groups in total. The zero-order valence-corrected chi connectivity index (χ0v) is 14.0. The molecule has 0 saturated carbocycles. The molecule has 1 aliphatic heterocycles. The second kappa shape index (κ2) is 7.36. The molecule has 0 radical (unpaired) electrons. The summed E-state index contributed by atoms with van der Waals surface area (Å²) < 4.78 is 4.50. The van der Waals surface area contributed by atoms with Crippen LogP contribution in [0.3, 0.4) is 0 Å². The Labute approximate surface area is 127 Å². The van der Waals surface area contributed by atoms with Crippen LogP contribution in [-0.2, 0) is 0 Å². The Balaban J connectivity index is 1.98. The van der Waals surface area contributed by atoms with Crippen LogP contribution in [-0.4, -0.2) is 35.0 Å². The van der Waals surface area contributed by atoms with Crippen molar-refractivity contribution in [1.82, 2.24) is 14.7 Å². The van der Waals surface area contributed by atoms with Crippen LogP contribution in [0.5, 0.6) is 0 Å². The predicted octanol–water partition coefficient (Wildman–Crippen LogP) is 3.27. The maximum atomic E-state index is 4.73. The minimum Gasteiger partial charge on any atom is -0.343 e. The largest absolute Gasteiger partial charge is 0.343 e. The summed E-state index contributed by atoms with van der Waals surface area (Å²) in [5.41, 5.74) is 0. The van der Waals surface area contributed by atoms with Crippen molar-refractivity contribution in [2.75, 3.05) is 24.5 Å². The quantitative estimate of drug-likeness (QED) is 0.875. The molecule has 5 heteroatoms. The fourth-order valence-corrected chi connectivity index (χ4v) is 3.49. The van der Waals surface area contributed by atoms with Gasteiger partial charge < -0.3 is 10.2 Å². The van der Waals surface area contributed by atoms with Crippen LogP contribution in [0.4, 0.5) is 5.13 Å². The third-order valence-corrected chi connectivity index (χ3v) is 4.52. The van der Waals surface area contributed by atoms with Crippen molar-refractivity contribution < 1.29 is 0 Å². The number of piperidine rings is 1. The van der Waals surface area contributed by atoms with E-state index in [1.165, 1.54) is 19.3 Å². The van der Waals surface area contributed by atoms with Gasteiger partial charge in [0.2, 0.25) is 5.13 Å². The van der Waals surface area contributed by atoms with E-state index in [9.17, 15) is 0 Å². The van der Waals surface area contributed by atoms with E-state index in [1.54, 1.807) is 11.5 Å². The van der Waals surface area contributed by atoms with E-state index in [4.69, 9.17) is 4.98 Å². The van der Waals surface area contributed by atoms with Crippen LogP contribution < -0.4 is 10.2 Å². The van der Waals surface area contributed by atoms with Gasteiger partial charge in [0.1, 0.15) is 5.82 Å². The van der Waals surface area contributed by atoms with Crippen molar-refractivity contribution in [2.45, 2.75) is 58.9 Å². The van der Waals surface area contributed by atoms with Crippen LogP contribution in [0, 0.1) is 5.92 Å². The molecule has 0 amide bonds. The van der Waals surface area contributed by atoms with Crippen LogP contribution in [0.1, 0.15) is 58.7 Å². The highest BCUT2D eigenvalue weighted by atomic mass is 32.1. The standard InChI is InChI=1S/C15H28N4S/c1-11(2)9-16-10-13-7-5-6-8-19(13)15-17-14(12(3)4)18-20-15/h11-13,16H,5-10H2,1-4H3. The highest BCUT2D eigenvalue weighted by Gasteiger charge is 2.25. The first-order chi connectivity index (χ1) is 9.58. The molecule has 0 bridgehead atoms. The van der Waals surface area contributed by atoms with E-state index in [2.05, 4.69) is 42.3 Å². The van der Waals surface area contributed by atoms with E-state index in [0.717, 1.165) is 30.6 Å². The van der Waals surface area contributed by atoms with E-state index in [1.807, 2.05) is 0 Å². The number of nitrogens with one attached hydrogen (secondary N) is 1. The third kappa shape index (κ3) is 4.16. The van der Waals surface area contributed by atoms with Crippen molar-refractivity contribution in [2.24, 2.45) is 5.92 Å². The van der Waals surface area contributed by atoms with Gasteiger partial charge in [0, 0.05) is 36.6 Å². The molecule has 1 unspecified atom stereocenters. The van der Waals surface area contributed by atoms with E-state index in [0.29, 0.717) is 17.9 Å². The first kappa shape index (κ1) is 15.7. The molecular weight excluding hydrogens is 268 g/mol. The minimum atomic E-state index is 0.419. The minimum absolute atomic E-state index is 0.419. The lowest BCUT2D eigenvalue weighted by atomic mass is 10.0. The lowest BCUT2D eigenvalue weighted by Gasteiger charge is -2.35. The van der Waals surface area contributed by atoms with Gasteiger partial charge in [-0.15, -0.1) is 0 Å². The summed E-state index contributed by atoms with van der Waals surface area (Å²) in [6.45, 7) is 12.1. The van der Waals surface area contributed by atoms with E-state index in [-0.39, 0.29) is 0 Å². The molecule has 20 heavy (non-hydrogen) atoms. The molecule has 2 heterocycles. The number of anilines is 1.